The molecule has 0 atom stereocenters. The van der Waals surface area contributed by atoms with Crippen LogP contribution in [0.4, 0.5) is 5.00 Å². The first-order chi connectivity index (χ1) is 8.49. The highest BCUT2D eigenvalue weighted by molar-refractivity contribution is 9.11. The quantitative estimate of drug-likeness (QED) is 0.888. The number of thiophene rings is 2. The van der Waals surface area contributed by atoms with Crippen molar-refractivity contribution >= 4 is 55.5 Å². The van der Waals surface area contributed by atoms with Gasteiger partial charge in [-0.3, -0.25) is 4.79 Å². The van der Waals surface area contributed by atoms with Crippen LogP contribution < -0.4 is 5.32 Å². The van der Waals surface area contributed by atoms with Crippen LogP contribution in [0, 0.1) is 6.92 Å². The highest BCUT2D eigenvalue weighted by atomic mass is 79.9. The number of hydrogen-bond acceptors (Lipinski definition) is 4. The van der Waals surface area contributed by atoms with Crippen molar-refractivity contribution in [2.45, 2.75) is 6.92 Å². The Morgan fingerprint density at radius 2 is 2.17 bits per heavy atom. The number of rotatable bonds is 3. The molecule has 0 aliphatic carbocycles. The maximum atomic E-state index is 11.9. The normalized spacial score (nSPS) is 10.3. The highest BCUT2D eigenvalue weighted by Gasteiger charge is 2.16. The molecule has 0 saturated heterocycles. The average Bonchev–Trinajstić information content (AvgIpc) is 2.87. The van der Waals surface area contributed by atoms with Gasteiger partial charge in [-0.25, -0.2) is 4.79 Å². The van der Waals surface area contributed by atoms with E-state index < -0.39 is 5.97 Å². The van der Waals surface area contributed by atoms with E-state index in [-0.39, 0.29) is 11.5 Å². The molecule has 2 N–H and O–H groups in total. The average molecular weight is 346 g/mol. The molecule has 0 bridgehead atoms. The van der Waals surface area contributed by atoms with Gasteiger partial charge in [-0.2, -0.15) is 0 Å². The summed E-state index contributed by atoms with van der Waals surface area (Å²) in [6.07, 6.45) is 0. The number of anilines is 1. The molecule has 0 saturated carbocycles. The lowest BCUT2D eigenvalue weighted by Gasteiger charge is -2.01. The number of carbonyl (C=O) groups is 2. The molecule has 0 aliphatic heterocycles. The minimum Gasteiger partial charge on any atom is -0.478 e. The maximum Gasteiger partial charge on any atom is 0.338 e. The van der Waals surface area contributed by atoms with E-state index >= 15 is 0 Å². The second-order valence-electron chi connectivity index (χ2n) is 3.49. The Morgan fingerprint density at radius 1 is 1.44 bits per heavy atom. The summed E-state index contributed by atoms with van der Waals surface area (Å²) in [5, 5.41) is 13.5. The van der Waals surface area contributed by atoms with Gasteiger partial charge in [0.05, 0.1) is 14.2 Å². The molecule has 0 fully saturated rings. The Kier molecular flexibility index (Phi) is 3.84. The molecule has 7 heteroatoms. The number of carbonyl (C=O) groups excluding carboxylic acids is 1. The lowest BCUT2D eigenvalue weighted by atomic mass is 10.3. The van der Waals surface area contributed by atoms with E-state index in [0.29, 0.717) is 9.88 Å². The molecule has 0 aromatic carbocycles. The monoisotopic (exact) mass is 345 g/mol. The molecule has 2 rings (SSSR count). The van der Waals surface area contributed by atoms with Crippen molar-refractivity contribution in [3.05, 3.63) is 37.3 Å². The van der Waals surface area contributed by atoms with Crippen LogP contribution >= 0.6 is 38.6 Å². The molecular weight excluding hydrogens is 338 g/mol. The number of aromatic carboxylic acids is 1. The van der Waals surface area contributed by atoms with Crippen LogP contribution in [-0.4, -0.2) is 17.0 Å². The maximum absolute atomic E-state index is 11.9. The van der Waals surface area contributed by atoms with Crippen LogP contribution in [0.3, 0.4) is 0 Å². The van der Waals surface area contributed by atoms with Gasteiger partial charge in [-0.1, -0.05) is 0 Å². The summed E-state index contributed by atoms with van der Waals surface area (Å²) in [6.45, 7) is 1.89. The van der Waals surface area contributed by atoms with Crippen molar-refractivity contribution in [3.63, 3.8) is 0 Å². The molecule has 18 heavy (non-hydrogen) atoms. The zero-order chi connectivity index (χ0) is 13.3. The van der Waals surface area contributed by atoms with Crippen molar-refractivity contribution in [2.24, 2.45) is 0 Å². The Balaban J connectivity index is 2.21. The van der Waals surface area contributed by atoms with Gasteiger partial charge < -0.3 is 10.4 Å². The number of nitrogens with one attached hydrogen (secondary N) is 1. The third kappa shape index (κ3) is 2.63. The van der Waals surface area contributed by atoms with Crippen LogP contribution in [-0.2, 0) is 0 Å². The van der Waals surface area contributed by atoms with E-state index in [1.54, 1.807) is 11.4 Å². The second kappa shape index (κ2) is 5.21. The van der Waals surface area contributed by atoms with Gasteiger partial charge in [0.25, 0.3) is 5.91 Å². The lowest BCUT2D eigenvalue weighted by Crippen LogP contribution is -2.11. The molecule has 4 nitrogen and oxygen atoms in total. The van der Waals surface area contributed by atoms with Crippen molar-refractivity contribution < 1.29 is 14.7 Å². The summed E-state index contributed by atoms with van der Waals surface area (Å²) in [5.41, 5.74) is 1.09. The number of aryl methyl sites for hydroxylation is 1. The lowest BCUT2D eigenvalue weighted by molar-refractivity contribution is 0.0698. The number of halogens is 1. The molecular formula is C11H8BrNO3S2. The highest BCUT2D eigenvalue weighted by Crippen LogP contribution is 2.29. The molecule has 0 spiro atoms. The largest absolute Gasteiger partial charge is 0.478 e. The molecule has 1 amide bonds. The zero-order valence-electron chi connectivity index (χ0n) is 9.19. The predicted octanol–water partition coefficient (Wildman–Crippen LogP) is 3.83. The van der Waals surface area contributed by atoms with Crippen LogP contribution in [0.15, 0.2) is 21.3 Å². The summed E-state index contributed by atoms with van der Waals surface area (Å²) < 4.78 is 0.900. The summed E-state index contributed by atoms with van der Waals surface area (Å²) >= 11 is 5.86. The van der Waals surface area contributed by atoms with Crippen LogP contribution in [0.1, 0.15) is 25.6 Å². The van der Waals surface area contributed by atoms with E-state index in [0.717, 1.165) is 9.35 Å². The molecule has 0 aliphatic rings. The summed E-state index contributed by atoms with van der Waals surface area (Å²) in [5.74, 6) is -1.34. The van der Waals surface area contributed by atoms with Gasteiger partial charge in [-0.15, -0.1) is 22.7 Å². The fraction of sp³-hybridized carbons (Fsp3) is 0.0909. The van der Waals surface area contributed by atoms with Crippen molar-refractivity contribution in [3.8, 4) is 0 Å². The van der Waals surface area contributed by atoms with Crippen molar-refractivity contribution in [1.82, 2.24) is 0 Å². The zero-order valence-corrected chi connectivity index (χ0v) is 12.4. The minimum atomic E-state index is -1.05. The second-order valence-corrected chi connectivity index (χ2v) is 6.78. The molecule has 94 valence electrons. The summed E-state index contributed by atoms with van der Waals surface area (Å²) in [6, 6.07) is 3.23. The Hall–Kier alpha value is -1.18. The third-order valence-corrected chi connectivity index (χ3v) is 5.17. The Bertz CT molecular complexity index is 598. The van der Waals surface area contributed by atoms with E-state index in [2.05, 4.69) is 21.2 Å². The van der Waals surface area contributed by atoms with Gasteiger partial charge in [-0.05, 0) is 45.9 Å². The predicted molar refractivity (Wildman–Crippen MR) is 76.0 cm³/mol. The molecule has 2 heterocycles. The Morgan fingerprint density at radius 3 is 2.72 bits per heavy atom. The van der Waals surface area contributed by atoms with Gasteiger partial charge in [0.15, 0.2) is 0 Å². The first-order valence-corrected chi connectivity index (χ1v) is 7.36. The van der Waals surface area contributed by atoms with Gasteiger partial charge in [0.2, 0.25) is 0 Å². The number of carboxylic acids is 1. The van der Waals surface area contributed by atoms with Crippen LogP contribution in [0.2, 0.25) is 0 Å². The molecule has 2 aromatic heterocycles. The fourth-order valence-corrected chi connectivity index (χ4v) is 3.52. The summed E-state index contributed by atoms with van der Waals surface area (Å²) in [7, 11) is 0. The molecule has 2 aromatic rings. The Labute approximate surface area is 119 Å². The van der Waals surface area contributed by atoms with Gasteiger partial charge in [0, 0.05) is 0 Å². The molecule has 0 radical (unpaired) electrons. The van der Waals surface area contributed by atoms with E-state index in [1.807, 2.05) is 6.92 Å². The smallest absolute Gasteiger partial charge is 0.338 e. The standard InChI is InChI=1S/C11H8BrNO3S2/c1-5-4-7(18-8(5)12)9(14)13-10-6(11(15)16)2-3-17-10/h2-4H,1H3,(H,13,14)(H,15,16). The van der Waals surface area contributed by atoms with Gasteiger partial charge >= 0.3 is 5.97 Å². The van der Waals surface area contributed by atoms with E-state index in [9.17, 15) is 9.59 Å². The van der Waals surface area contributed by atoms with Crippen LogP contribution in [0.5, 0.6) is 0 Å². The van der Waals surface area contributed by atoms with Crippen LogP contribution in [0.25, 0.3) is 0 Å². The van der Waals surface area contributed by atoms with Gasteiger partial charge in [0.1, 0.15) is 5.00 Å². The number of carboxylic acid groups (broad SMARTS) is 1. The van der Waals surface area contributed by atoms with Crippen molar-refractivity contribution in [2.75, 3.05) is 5.32 Å². The number of hydrogen-bond donors (Lipinski definition) is 2. The first kappa shape index (κ1) is 13.3. The minimum absolute atomic E-state index is 0.112. The van der Waals surface area contributed by atoms with E-state index in [1.165, 1.54) is 28.7 Å². The summed E-state index contributed by atoms with van der Waals surface area (Å²) in [4.78, 5) is 23.4. The SMILES string of the molecule is Cc1cc(C(=O)Nc2sccc2C(=O)O)sc1Br. The van der Waals surface area contributed by atoms with E-state index in [4.69, 9.17) is 5.11 Å². The molecule has 0 unspecified atom stereocenters. The third-order valence-electron chi connectivity index (χ3n) is 2.20. The van der Waals surface area contributed by atoms with Crippen molar-refractivity contribution in [1.29, 1.82) is 0 Å². The fourth-order valence-electron chi connectivity index (χ4n) is 1.31. The number of amides is 1. The first-order valence-electron chi connectivity index (χ1n) is 4.87. The topological polar surface area (TPSA) is 66.4 Å².